The van der Waals surface area contributed by atoms with Crippen LogP contribution in [0.2, 0.25) is 0 Å². The smallest absolute Gasteiger partial charge is 0.229 e. The van der Waals surface area contributed by atoms with Gasteiger partial charge in [-0.05, 0) is 24.6 Å². The van der Waals surface area contributed by atoms with Gasteiger partial charge in [-0.15, -0.1) is 0 Å². The van der Waals surface area contributed by atoms with E-state index in [0.717, 1.165) is 11.3 Å². The summed E-state index contributed by atoms with van der Waals surface area (Å²) in [6.07, 6.45) is -0.479. The number of hydrogen-bond donors (Lipinski definition) is 2. The molecule has 0 heterocycles. The van der Waals surface area contributed by atoms with Crippen LogP contribution in [0.4, 0.5) is 5.69 Å². The molecule has 3 nitrogen and oxygen atoms in total. The van der Waals surface area contributed by atoms with E-state index in [0.29, 0.717) is 0 Å². The van der Waals surface area contributed by atoms with E-state index in [4.69, 9.17) is 0 Å². The molecule has 88 valence electrons. The monoisotopic (exact) mass is 221 g/mol. The minimum Gasteiger partial charge on any atom is -0.389 e. The number of rotatable bonds is 2. The zero-order valence-corrected chi connectivity index (χ0v) is 10.2. The second kappa shape index (κ2) is 4.66. The van der Waals surface area contributed by atoms with Crippen LogP contribution in [0.5, 0.6) is 0 Å². The fourth-order valence-corrected chi connectivity index (χ4v) is 1.16. The van der Waals surface area contributed by atoms with Gasteiger partial charge in [-0.1, -0.05) is 32.9 Å². The van der Waals surface area contributed by atoms with Crippen molar-refractivity contribution in [2.24, 2.45) is 5.41 Å². The molecular formula is C13H19NO2. The molecule has 0 bridgehead atoms. The first-order valence-corrected chi connectivity index (χ1v) is 5.40. The van der Waals surface area contributed by atoms with Crippen LogP contribution in [-0.4, -0.2) is 11.0 Å². The summed E-state index contributed by atoms with van der Waals surface area (Å²) in [5, 5.41) is 12.2. The predicted octanol–water partition coefficient (Wildman–Crippen LogP) is 2.72. The zero-order chi connectivity index (χ0) is 12.3. The molecule has 1 atom stereocenters. The third-order valence-electron chi connectivity index (χ3n) is 2.33. The predicted molar refractivity (Wildman–Crippen MR) is 65.2 cm³/mol. The van der Waals surface area contributed by atoms with Crippen LogP contribution in [0.1, 0.15) is 39.4 Å². The first-order valence-electron chi connectivity index (χ1n) is 5.40. The number of carbonyl (C=O) groups is 1. The highest BCUT2D eigenvalue weighted by Crippen LogP contribution is 2.19. The molecule has 0 spiro atoms. The lowest BCUT2D eigenvalue weighted by Crippen LogP contribution is -2.27. The molecule has 1 rings (SSSR count). The van der Waals surface area contributed by atoms with Crippen LogP contribution in [-0.2, 0) is 4.79 Å². The summed E-state index contributed by atoms with van der Waals surface area (Å²) in [5.74, 6) is -0.0164. The van der Waals surface area contributed by atoms with Crippen LogP contribution in [0, 0.1) is 5.41 Å². The van der Waals surface area contributed by atoms with Gasteiger partial charge >= 0.3 is 0 Å². The van der Waals surface area contributed by atoms with E-state index < -0.39 is 11.5 Å². The number of aliphatic hydroxyl groups excluding tert-OH is 1. The highest BCUT2D eigenvalue weighted by Gasteiger charge is 2.20. The van der Waals surface area contributed by atoms with Crippen molar-refractivity contribution in [2.75, 3.05) is 5.32 Å². The molecule has 3 heteroatoms. The van der Waals surface area contributed by atoms with E-state index >= 15 is 0 Å². The van der Waals surface area contributed by atoms with E-state index in [2.05, 4.69) is 5.32 Å². The summed E-state index contributed by atoms with van der Waals surface area (Å²) >= 11 is 0. The lowest BCUT2D eigenvalue weighted by molar-refractivity contribution is -0.123. The molecule has 0 fully saturated rings. The Morgan fingerprint density at radius 2 is 1.75 bits per heavy atom. The van der Waals surface area contributed by atoms with Crippen LogP contribution in [0.3, 0.4) is 0 Å². The maximum atomic E-state index is 11.7. The van der Waals surface area contributed by atoms with Crippen LogP contribution < -0.4 is 5.32 Å². The van der Waals surface area contributed by atoms with Gasteiger partial charge in [0.15, 0.2) is 0 Å². The Morgan fingerprint density at radius 3 is 2.12 bits per heavy atom. The molecule has 0 radical (unpaired) electrons. The molecule has 2 N–H and O–H groups in total. The third-order valence-corrected chi connectivity index (χ3v) is 2.33. The van der Waals surface area contributed by atoms with E-state index in [9.17, 15) is 9.90 Å². The van der Waals surface area contributed by atoms with Gasteiger partial charge in [-0.2, -0.15) is 0 Å². The summed E-state index contributed by atoms with van der Waals surface area (Å²) < 4.78 is 0. The van der Waals surface area contributed by atoms with E-state index in [1.54, 1.807) is 19.1 Å². The van der Waals surface area contributed by atoms with Crippen molar-refractivity contribution in [3.8, 4) is 0 Å². The molecule has 0 aliphatic carbocycles. The number of nitrogens with one attached hydrogen (secondary N) is 1. The summed E-state index contributed by atoms with van der Waals surface area (Å²) in [6, 6.07) is 7.21. The second-order valence-corrected chi connectivity index (χ2v) is 5.00. The average Bonchev–Trinajstić information content (AvgIpc) is 2.17. The minimum absolute atomic E-state index is 0.0164. The Labute approximate surface area is 96.5 Å². The summed E-state index contributed by atoms with van der Waals surface area (Å²) in [5.41, 5.74) is 1.20. The van der Waals surface area contributed by atoms with Crippen LogP contribution in [0.15, 0.2) is 24.3 Å². The number of benzene rings is 1. The lowest BCUT2D eigenvalue weighted by Gasteiger charge is -2.17. The normalized spacial score (nSPS) is 13.3. The van der Waals surface area contributed by atoms with Crippen LogP contribution >= 0.6 is 0 Å². The van der Waals surface area contributed by atoms with E-state index in [-0.39, 0.29) is 5.91 Å². The summed E-state index contributed by atoms with van der Waals surface area (Å²) in [6.45, 7) is 7.31. The molecule has 0 unspecified atom stereocenters. The highest BCUT2D eigenvalue weighted by atomic mass is 16.3. The van der Waals surface area contributed by atoms with Gasteiger partial charge in [0.2, 0.25) is 5.91 Å². The van der Waals surface area contributed by atoms with E-state index in [1.165, 1.54) is 0 Å². The maximum absolute atomic E-state index is 11.7. The Balaban J connectivity index is 2.73. The molecule has 0 aliphatic heterocycles. The topological polar surface area (TPSA) is 49.3 Å². The summed E-state index contributed by atoms with van der Waals surface area (Å²) in [4.78, 5) is 11.7. The fraction of sp³-hybridized carbons (Fsp3) is 0.462. The molecule has 0 aromatic heterocycles. The molecule has 16 heavy (non-hydrogen) atoms. The van der Waals surface area contributed by atoms with Crippen molar-refractivity contribution >= 4 is 11.6 Å². The maximum Gasteiger partial charge on any atom is 0.229 e. The van der Waals surface area contributed by atoms with Crippen molar-refractivity contribution < 1.29 is 9.90 Å². The SMILES string of the molecule is C[C@@H](O)c1ccc(NC(=O)C(C)(C)C)cc1. The zero-order valence-electron chi connectivity index (χ0n) is 10.2. The van der Waals surface area contributed by atoms with Gasteiger partial charge in [0.25, 0.3) is 0 Å². The molecule has 0 saturated heterocycles. The Hall–Kier alpha value is -1.35. The van der Waals surface area contributed by atoms with Crippen molar-refractivity contribution in [3.05, 3.63) is 29.8 Å². The van der Waals surface area contributed by atoms with Gasteiger partial charge in [-0.3, -0.25) is 4.79 Å². The van der Waals surface area contributed by atoms with Crippen LogP contribution in [0.25, 0.3) is 0 Å². The first kappa shape index (κ1) is 12.7. The number of hydrogen-bond acceptors (Lipinski definition) is 2. The first-order chi connectivity index (χ1) is 7.30. The van der Waals surface area contributed by atoms with Gasteiger partial charge in [-0.25, -0.2) is 0 Å². The number of carbonyl (C=O) groups excluding carboxylic acids is 1. The fourth-order valence-electron chi connectivity index (χ4n) is 1.16. The molecule has 0 aliphatic rings. The Bertz CT molecular complexity index is 361. The molecule has 1 amide bonds. The van der Waals surface area contributed by atoms with Crippen molar-refractivity contribution in [3.63, 3.8) is 0 Å². The van der Waals surface area contributed by atoms with Gasteiger partial charge in [0.1, 0.15) is 0 Å². The minimum atomic E-state index is -0.479. The van der Waals surface area contributed by atoms with Crippen molar-refractivity contribution in [2.45, 2.75) is 33.8 Å². The van der Waals surface area contributed by atoms with Gasteiger partial charge in [0.05, 0.1) is 6.10 Å². The molecular weight excluding hydrogens is 202 g/mol. The highest BCUT2D eigenvalue weighted by molar-refractivity contribution is 5.94. The second-order valence-electron chi connectivity index (χ2n) is 5.00. The largest absolute Gasteiger partial charge is 0.389 e. The van der Waals surface area contributed by atoms with Crippen molar-refractivity contribution in [1.82, 2.24) is 0 Å². The van der Waals surface area contributed by atoms with Crippen molar-refractivity contribution in [1.29, 1.82) is 0 Å². The van der Waals surface area contributed by atoms with E-state index in [1.807, 2.05) is 32.9 Å². The molecule has 1 aromatic carbocycles. The van der Waals surface area contributed by atoms with Gasteiger partial charge < -0.3 is 10.4 Å². The number of anilines is 1. The number of aliphatic hydroxyl groups is 1. The summed E-state index contributed by atoms with van der Waals surface area (Å²) in [7, 11) is 0. The average molecular weight is 221 g/mol. The Morgan fingerprint density at radius 1 is 1.25 bits per heavy atom. The molecule has 1 aromatic rings. The lowest BCUT2D eigenvalue weighted by atomic mass is 9.95. The standard InChI is InChI=1S/C13H19NO2/c1-9(15)10-5-7-11(8-6-10)14-12(16)13(2,3)4/h5-9,15H,1-4H3,(H,14,16)/t9-/m1/s1. The van der Waals surface area contributed by atoms with Gasteiger partial charge in [0, 0.05) is 11.1 Å². The molecule has 0 saturated carbocycles. The number of amides is 1. The quantitative estimate of drug-likeness (QED) is 0.806. The Kier molecular flexibility index (Phi) is 3.70. The third kappa shape index (κ3) is 3.35.